The van der Waals surface area contributed by atoms with E-state index in [1.54, 1.807) is 0 Å². The molecule has 0 rings (SSSR count). The number of halogens is 1. The lowest BCUT2D eigenvalue weighted by atomic mass is 9.96. The predicted octanol–water partition coefficient (Wildman–Crippen LogP) is -1.50. The standard InChI is InChI=1S/C6H8O7.C3H7NO2S.ClH/c7-3(8)1-6(13,5(11)12)2-4(9)10;4-2(1-7)3(5)6;/h13H,1-2H2,(H,7,8)(H,9,10)(H,11,12);2,7H,1,4H2,(H,5,6);1H. The van der Waals surface area contributed by atoms with Gasteiger partial charge >= 0.3 is 23.9 Å². The SMILES string of the molecule is Cl.NC(CS)C(=O)O.O=C(O)CC(O)(CC(=O)O)C(=O)O. The van der Waals surface area contributed by atoms with Crippen molar-refractivity contribution in [2.45, 2.75) is 24.5 Å². The van der Waals surface area contributed by atoms with E-state index in [2.05, 4.69) is 12.6 Å². The third-order valence-electron chi connectivity index (χ3n) is 1.80. The van der Waals surface area contributed by atoms with Gasteiger partial charge in [-0.25, -0.2) is 4.79 Å². The van der Waals surface area contributed by atoms with Crippen molar-refractivity contribution in [3.63, 3.8) is 0 Å². The van der Waals surface area contributed by atoms with E-state index in [9.17, 15) is 19.2 Å². The number of carboxylic acids is 4. The molecule has 0 aromatic rings. The Hall–Kier alpha value is -1.56. The van der Waals surface area contributed by atoms with E-state index in [0.717, 1.165) is 0 Å². The first kappa shape index (κ1) is 24.5. The smallest absolute Gasteiger partial charge is 0.336 e. The van der Waals surface area contributed by atoms with Crippen molar-refractivity contribution in [2.24, 2.45) is 5.73 Å². The van der Waals surface area contributed by atoms with Crippen LogP contribution in [0.25, 0.3) is 0 Å². The van der Waals surface area contributed by atoms with Gasteiger partial charge in [0.05, 0.1) is 12.8 Å². The maximum Gasteiger partial charge on any atom is 0.336 e. The van der Waals surface area contributed by atoms with Crippen LogP contribution in [-0.2, 0) is 19.2 Å². The topological polar surface area (TPSA) is 195 Å². The van der Waals surface area contributed by atoms with Crippen molar-refractivity contribution in [3.05, 3.63) is 0 Å². The molecule has 0 aliphatic carbocycles. The molecular formula is C9H16ClNO9S. The summed E-state index contributed by atoms with van der Waals surface area (Å²) in [6.45, 7) is 0. The predicted molar refractivity (Wildman–Crippen MR) is 73.8 cm³/mol. The van der Waals surface area contributed by atoms with Gasteiger partial charge in [-0.15, -0.1) is 12.4 Å². The minimum absolute atomic E-state index is 0. The van der Waals surface area contributed by atoms with Gasteiger partial charge in [-0.1, -0.05) is 0 Å². The van der Waals surface area contributed by atoms with Crippen LogP contribution in [0.4, 0.5) is 0 Å². The average Bonchev–Trinajstić information content (AvgIpc) is 2.26. The lowest BCUT2D eigenvalue weighted by Crippen LogP contribution is -2.42. The summed E-state index contributed by atoms with van der Waals surface area (Å²) in [4.78, 5) is 40.2. The second-order valence-electron chi connectivity index (χ2n) is 3.61. The highest BCUT2D eigenvalue weighted by molar-refractivity contribution is 7.80. The summed E-state index contributed by atoms with van der Waals surface area (Å²) in [5.74, 6) is -5.83. The fourth-order valence-electron chi connectivity index (χ4n) is 0.792. The van der Waals surface area contributed by atoms with Crippen LogP contribution in [0.1, 0.15) is 12.8 Å². The molecule has 7 N–H and O–H groups in total. The second-order valence-corrected chi connectivity index (χ2v) is 3.97. The van der Waals surface area contributed by atoms with E-state index < -0.39 is 48.4 Å². The van der Waals surface area contributed by atoms with Crippen LogP contribution in [0.3, 0.4) is 0 Å². The highest BCUT2D eigenvalue weighted by atomic mass is 35.5. The first-order valence-corrected chi connectivity index (χ1v) is 5.58. The lowest BCUT2D eigenvalue weighted by Gasteiger charge is -2.18. The molecule has 0 aromatic carbocycles. The van der Waals surface area contributed by atoms with Gasteiger partial charge in [0.1, 0.15) is 6.04 Å². The molecule has 0 fully saturated rings. The van der Waals surface area contributed by atoms with Crippen molar-refractivity contribution in [1.82, 2.24) is 0 Å². The van der Waals surface area contributed by atoms with Crippen molar-refractivity contribution >= 4 is 48.9 Å². The summed E-state index contributed by atoms with van der Waals surface area (Å²) in [7, 11) is 0. The number of carbonyl (C=O) groups is 4. The molecule has 0 saturated heterocycles. The van der Waals surface area contributed by atoms with E-state index in [1.165, 1.54) is 0 Å². The van der Waals surface area contributed by atoms with Crippen LogP contribution in [-0.4, -0.2) is 66.8 Å². The molecule has 0 radical (unpaired) electrons. The van der Waals surface area contributed by atoms with Crippen LogP contribution in [0.5, 0.6) is 0 Å². The summed E-state index contributed by atoms with van der Waals surface area (Å²) < 4.78 is 0. The van der Waals surface area contributed by atoms with E-state index in [0.29, 0.717) is 0 Å². The van der Waals surface area contributed by atoms with Gasteiger partial charge in [-0.2, -0.15) is 12.6 Å². The molecule has 21 heavy (non-hydrogen) atoms. The summed E-state index contributed by atoms with van der Waals surface area (Å²) in [5.41, 5.74) is 2.20. The molecule has 1 atom stereocenters. The zero-order valence-electron chi connectivity index (χ0n) is 10.5. The van der Waals surface area contributed by atoms with Crippen LogP contribution in [0.15, 0.2) is 0 Å². The molecule has 0 aromatic heterocycles. The first-order valence-electron chi connectivity index (χ1n) is 4.95. The largest absolute Gasteiger partial charge is 0.481 e. The maximum atomic E-state index is 10.3. The maximum absolute atomic E-state index is 10.3. The summed E-state index contributed by atoms with van der Waals surface area (Å²) in [5, 5.41) is 41.8. The van der Waals surface area contributed by atoms with Gasteiger partial charge in [0.25, 0.3) is 0 Å². The van der Waals surface area contributed by atoms with Crippen LogP contribution in [0.2, 0.25) is 0 Å². The Kier molecular flexibility index (Phi) is 13.0. The van der Waals surface area contributed by atoms with Gasteiger partial charge in [0.15, 0.2) is 5.60 Å². The minimum atomic E-state index is -2.74. The van der Waals surface area contributed by atoms with Crippen molar-refractivity contribution in [1.29, 1.82) is 0 Å². The molecular weight excluding hydrogens is 334 g/mol. The minimum Gasteiger partial charge on any atom is -0.481 e. The van der Waals surface area contributed by atoms with E-state index >= 15 is 0 Å². The third kappa shape index (κ3) is 11.9. The quantitative estimate of drug-likeness (QED) is 0.266. The fraction of sp³-hybridized carbons (Fsp3) is 0.556. The highest BCUT2D eigenvalue weighted by Crippen LogP contribution is 2.15. The fourth-order valence-corrected chi connectivity index (χ4v) is 0.948. The van der Waals surface area contributed by atoms with Crippen LogP contribution in [0, 0.1) is 0 Å². The van der Waals surface area contributed by atoms with Crippen molar-refractivity contribution < 1.29 is 44.7 Å². The number of thiol groups is 1. The molecule has 0 aliphatic rings. The van der Waals surface area contributed by atoms with Crippen molar-refractivity contribution in [3.8, 4) is 0 Å². The van der Waals surface area contributed by atoms with Crippen LogP contribution < -0.4 is 5.73 Å². The molecule has 0 heterocycles. The monoisotopic (exact) mass is 349 g/mol. The molecule has 0 spiro atoms. The number of aliphatic carboxylic acids is 4. The van der Waals surface area contributed by atoms with E-state index in [-0.39, 0.29) is 18.2 Å². The number of carboxylic acid groups (broad SMARTS) is 4. The van der Waals surface area contributed by atoms with E-state index in [4.69, 9.17) is 31.3 Å². The Morgan fingerprint density at radius 2 is 1.33 bits per heavy atom. The molecule has 12 heteroatoms. The number of hydrogen-bond donors (Lipinski definition) is 7. The average molecular weight is 350 g/mol. The molecule has 124 valence electrons. The zero-order valence-corrected chi connectivity index (χ0v) is 12.2. The van der Waals surface area contributed by atoms with Gasteiger partial charge in [-0.3, -0.25) is 14.4 Å². The summed E-state index contributed by atoms with van der Waals surface area (Å²) in [6.07, 6.45) is -2.29. The number of nitrogens with two attached hydrogens (primary N) is 1. The molecule has 0 amide bonds. The number of aliphatic hydroxyl groups is 1. The molecule has 0 aliphatic heterocycles. The molecule has 10 nitrogen and oxygen atoms in total. The Labute approximate surface area is 130 Å². The Morgan fingerprint density at radius 1 is 1.00 bits per heavy atom. The van der Waals surface area contributed by atoms with Gasteiger partial charge in [0, 0.05) is 5.75 Å². The number of rotatable bonds is 7. The molecule has 0 saturated carbocycles. The molecule has 1 unspecified atom stereocenters. The highest BCUT2D eigenvalue weighted by Gasteiger charge is 2.40. The normalized spacial score (nSPS) is 11.2. The summed E-state index contributed by atoms with van der Waals surface area (Å²) in [6, 6.07) is -0.816. The van der Waals surface area contributed by atoms with Crippen LogP contribution >= 0.6 is 25.0 Å². The third-order valence-corrected chi connectivity index (χ3v) is 2.19. The van der Waals surface area contributed by atoms with Gasteiger partial charge in [0.2, 0.25) is 0 Å². The summed E-state index contributed by atoms with van der Waals surface area (Å²) >= 11 is 3.65. The second kappa shape index (κ2) is 11.1. The van der Waals surface area contributed by atoms with Gasteiger partial charge < -0.3 is 31.3 Å². The zero-order chi connectivity index (χ0) is 16.5. The Balaban J connectivity index is -0.000000347. The Bertz CT molecular complexity index is 373. The number of hydrogen-bond acceptors (Lipinski definition) is 7. The van der Waals surface area contributed by atoms with Gasteiger partial charge in [-0.05, 0) is 0 Å². The van der Waals surface area contributed by atoms with E-state index in [1.807, 2.05) is 0 Å². The van der Waals surface area contributed by atoms with Crippen molar-refractivity contribution in [2.75, 3.05) is 5.75 Å². The lowest BCUT2D eigenvalue weighted by molar-refractivity contribution is -0.170. The molecule has 0 bridgehead atoms. The first-order chi connectivity index (χ1) is 8.96. The Morgan fingerprint density at radius 3 is 1.43 bits per heavy atom.